The average Bonchev–Trinajstić information content (AvgIpc) is 2.93. The summed E-state index contributed by atoms with van der Waals surface area (Å²) in [6.07, 6.45) is -3.36. The minimum atomic E-state index is -4.41. The summed E-state index contributed by atoms with van der Waals surface area (Å²) in [6.45, 7) is 4.07. The van der Waals surface area contributed by atoms with Gasteiger partial charge in [0.05, 0.1) is 12.6 Å². The van der Waals surface area contributed by atoms with Crippen molar-refractivity contribution in [2.75, 3.05) is 19.6 Å². The van der Waals surface area contributed by atoms with Gasteiger partial charge in [-0.1, -0.05) is 0 Å². The predicted octanol–water partition coefficient (Wildman–Crippen LogP) is 2.70. The summed E-state index contributed by atoms with van der Waals surface area (Å²) in [4.78, 5) is 9.94. The van der Waals surface area contributed by atoms with Gasteiger partial charge in [-0.25, -0.2) is 9.98 Å². The van der Waals surface area contributed by atoms with Crippen molar-refractivity contribution in [3.8, 4) is 0 Å². The van der Waals surface area contributed by atoms with Gasteiger partial charge >= 0.3 is 6.18 Å². The molecule has 0 aliphatic carbocycles. The van der Waals surface area contributed by atoms with Crippen LogP contribution in [0.5, 0.6) is 0 Å². The molecule has 23 heavy (non-hydrogen) atoms. The Balaban J connectivity index is 0.00000264. The summed E-state index contributed by atoms with van der Waals surface area (Å²) in [5.74, 6) is 0.651. The molecule has 0 bridgehead atoms. The Kier molecular flexibility index (Phi) is 8.01. The first-order valence-corrected chi connectivity index (χ1v) is 8.01. The fourth-order valence-electron chi connectivity index (χ4n) is 2.16. The summed E-state index contributed by atoms with van der Waals surface area (Å²) < 4.78 is 37.5. The molecule has 0 unspecified atom stereocenters. The van der Waals surface area contributed by atoms with E-state index in [1.807, 2.05) is 11.8 Å². The Labute approximate surface area is 154 Å². The van der Waals surface area contributed by atoms with Crippen molar-refractivity contribution >= 4 is 41.3 Å². The van der Waals surface area contributed by atoms with E-state index in [2.05, 4.69) is 15.3 Å². The molecule has 0 spiro atoms. The Morgan fingerprint density at radius 1 is 1.48 bits per heavy atom. The number of hydrogen-bond donors (Lipinski definition) is 2. The van der Waals surface area contributed by atoms with E-state index in [-0.39, 0.29) is 36.6 Å². The molecule has 0 radical (unpaired) electrons. The second kappa shape index (κ2) is 9.02. The lowest BCUT2D eigenvalue weighted by Gasteiger charge is -2.32. The molecule has 1 fully saturated rings. The third kappa shape index (κ3) is 6.07. The third-order valence-corrected chi connectivity index (χ3v) is 4.14. The molecular weight excluding hydrogens is 444 g/mol. The van der Waals surface area contributed by atoms with Crippen LogP contribution in [0, 0.1) is 0 Å². The fourth-order valence-corrected chi connectivity index (χ4v) is 2.88. The normalized spacial score (nSPS) is 17.1. The van der Waals surface area contributed by atoms with Crippen LogP contribution in [0.3, 0.4) is 0 Å². The number of piperidine rings is 1. The van der Waals surface area contributed by atoms with Gasteiger partial charge in [-0.3, -0.25) is 0 Å². The number of alkyl halides is 3. The van der Waals surface area contributed by atoms with Gasteiger partial charge in [0, 0.05) is 25.0 Å². The molecule has 1 aromatic rings. The molecule has 2 rings (SSSR count). The number of guanidine groups is 1. The van der Waals surface area contributed by atoms with Crippen LogP contribution in [0.25, 0.3) is 0 Å². The van der Waals surface area contributed by atoms with E-state index in [1.165, 1.54) is 0 Å². The molecule has 0 saturated carbocycles. The number of aliphatic hydroxyl groups is 1. The topological polar surface area (TPSA) is 60.8 Å². The molecule has 1 saturated heterocycles. The molecule has 132 valence electrons. The zero-order valence-corrected chi connectivity index (χ0v) is 15.8. The van der Waals surface area contributed by atoms with Crippen LogP contribution in [0.1, 0.15) is 30.5 Å². The highest BCUT2D eigenvalue weighted by Crippen LogP contribution is 2.30. The molecule has 0 aromatic carbocycles. The first-order valence-electron chi connectivity index (χ1n) is 7.13. The highest BCUT2D eigenvalue weighted by Gasteiger charge is 2.33. The average molecular weight is 464 g/mol. The Bertz CT molecular complexity index is 516. The van der Waals surface area contributed by atoms with Gasteiger partial charge in [0.1, 0.15) is 5.01 Å². The predicted molar refractivity (Wildman–Crippen MR) is 94.2 cm³/mol. The highest BCUT2D eigenvalue weighted by atomic mass is 127. The van der Waals surface area contributed by atoms with E-state index < -0.39 is 11.9 Å². The molecule has 0 atom stereocenters. The number of aliphatic hydroxyl groups excluding tert-OH is 1. The van der Waals surface area contributed by atoms with Gasteiger partial charge in [0.2, 0.25) is 0 Å². The zero-order chi connectivity index (χ0) is 16.2. The number of aromatic nitrogens is 1. The number of halogens is 4. The molecule has 1 aromatic heterocycles. The van der Waals surface area contributed by atoms with Crippen molar-refractivity contribution in [2.24, 2.45) is 4.99 Å². The summed E-state index contributed by atoms with van der Waals surface area (Å²) in [7, 11) is 0. The van der Waals surface area contributed by atoms with Gasteiger partial charge in [0.25, 0.3) is 0 Å². The second-order valence-electron chi connectivity index (χ2n) is 5.01. The largest absolute Gasteiger partial charge is 0.434 e. The van der Waals surface area contributed by atoms with Gasteiger partial charge in [-0.2, -0.15) is 13.2 Å². The van der Waals surface area contributed by atoms with Crippen LogP contribution in [0.15, 0.2) is 10.4 Å². The van der Waals surface area contributed by atoms with Crippen LogP contribution in [0.2, 0.25) is 0 Å². The highest BCUT2D eigenvalue weighted by molar-refractivity contribution is 14.0. The van der Waals surface area contributed by atoms with E-state index in [4.69, 9.17) is 0 Å². The van der Waals surface area contributed by atoms with E-state index >= 15 is 0 Å². The van der Waals surface area contributed by atoms with Crippen molar-refractivity contribution < 1.29 is 18.3 Å². The molecule has 0 amide bonds. The van der Waals surface area contributed by atoms with Gasteiger partial charge in [-0.15, -0.1) is 35.3 Å². The summed E-state index contributed by atoms with van der Waals surface area (Å²) in [5.41, 5.74) is -0.867. The smallest absolute Gasteiger partial charge is 0.393 e. The number of nitrogens with one attached hydrogen (secondary N) is 1. The lowest BCUT2D eigenvalue weighted by Crippen LogP contribution is -2.46. The van der Waals surface area contributed by atoms with E-state index in [0.29, 0.717) is 43.4 Å². The van der Waals surface area contributed by atoms with Crippen LogP contribution >= 0.6 is 35.3 Å². The van der Waals surface area contributed by atoms with E-state index in [0.717, 1.165) is 16.7 Å². The number of aliphatic imine (C=N–C) groups is 1. The fraction of sp³-hybridized carbons (Fsp3) is 0.692. The molecular formula is C13H20F3IN4OS. The Morgan fingerprint density at radius 3 is 2.65 bits per heavy atom. The minimum Gasteiger partial charge on any atom is -0.393 e. The SMILES string of the molecule is CCNC(=NCc1nc(C(F)(F)F)cs1)N1CCC(O)CC1.I. The van der Waals surface area contributed by atoms with Gasteiger partial charge in [0.15, 0.2) is 11.7 Å². The molecule has 1 aliphatic heterocycles. The zero-order valence-electron chi connectivity index (χ0n) is 12.6. The first-order chi connectivity index (χ1) is 10.4. The standard InChI is InChI=1S/C13H19F3N4OS.HI/c1-2-17-12(20-5-3-9(21)4-6-20)18-7-11-19-10(8-22-11)13(14,15)16;/h8-9,21H,2-7H2,1H3,(H,17,18);1H. The summed E-state index contributed by atoms with van der Waals surface area (Å²) >= 11 is 0.959. The van der Waals surface area contributed by atoms with Gasteiger partial charge in [-0.05, 0) is 19.8 Å². The maximum atomic E-state index is 12.5. The van der Waals surface area contributed by atoms with Crippen molar-refractivity contribution in [3.05, 3.63) is 16.1 Å². The molecule has 10 heteroatoms. The van der Waals surface area contributed by atoms with Crippen molar-refractivity contribution in [2.45, 2.75) is 38.6 Å². The molecule has 2 N–H and O–H groups in total. The van der Waals surface area contributed by atoms with Crippen LogP contribution in [-0.2, 0) is 12.7 Å². The number of likely N-dealkylation sites (tertiary alicyclic amines) is 1. The Morgan fingerprint density at radius 2 is 2.13 bits per heavy atom. The first kappa shape index (κ1) is 20.4. The van der Waals surface area contributed by atoms with Crippen LogP contribution < -0.4 is 5.32 Å². The molecule has 5 nitrogen and oxygen atoms in total. The van der Waals surface area contributed by atoms with Gasteiger partial charge < -0.3 is 15.3 Å². The van der Waals surface area contributed by atoms with Crippen molar-refractivity contribution in [1.29, 1.82) is 0 Å². The number of rotatable bonds is 3. The monoisotopic (exact) mass is 464 g/mol. The van der Waals surface area contributed by atoms with E-state index in [1.54, 1.807) is 0 Å². The van der Waals surface area contributed by atoms with Crippen LogP contribution in [0.4, 0.5) is 13.2 Å². The van der Waals surface area contributed by atoms with E-state index in [9.17, 15) is 18.3 Å². The van der Waals surface area contributed by atoms with Crippen molar-refractivity contribution in [3.63, 3.8) is 0 Å². The van der Waals surface area contributed by atoms with Crippen LogP contribution in [-0.4, -0.2) is 46.7 Å². The lowest BCUT2D eigenvalue weighted by molar-refractivity contribution is -0.140. The number of thiazole rings is 1. The second-order valence-corrected chi connectivity index (χ2v) is 5.96. The summed E-state index contributed by atoms with van der Waals surface area (Å²) in [6, 6.07) is 0. The summed E-state index contributed by atoms with van der Waals surface area (Å²) in [5, 5.41) is 14.0. The molecule has 1 aliphatic rings. The number of hydrogen-bond acceptors (Lipinski definition) is 4. The maximum Gasteiger partial charge on any atom is 0.434 e. The maximum absolute atomic E-state index is 12.5. The third-order valence-electron chi connectivity index (χ3n) is 3.31. The Hall–Kier alpha value is -0.620. The molecule has 2 heterocycles. The minimum absolute atomic E-state index is 0. The lowest BCUT2D eigenvalue weighted by atomic mass is 10.1. The van der Waals surface area contributed by atoms with Crippen molar-refractivity contribution in [1.82, 2.24) is 15.2 Å². The number of nitrogens with zero attached hydrogens (tertiary/aromatic N) is 3. The quantitative estimate of drug-likeness (QED) is 0.411.